The van der Waals surface area contributed by atoms with E-state index in [1.165, 1.54) is 83.5 Å². The zero-order valence-electron chi connectivity index (χ0n) is 61.7. The minimum absolute atomic E-state index is 0.0965. The molecule has 30 atom stereocenters. The second kappa shape index (κ2) is 49.0. The number of rotatable bonds is 53. The van der Waals surface area contributed by atoms with Gasteiger partial charge in [-0.15, -0.1) is 0 Å². The van der Waals surface area contributed by atoms with E-state index in [0.29, 0.717) is 12.8 Å². The Balaban J connectivity index is 1.28. The van der Waals surface area contributed by atoms with Crippen LogP contribution in [0.1, 0.15) is 207 Å². The van der Waals surface area contributed by atoms with Gasteiger partial charge in [0.1, 0.15) is 128 Å². The zero-order chi connectivity index (χ0) is 78.2. The maximum Gasteiger partial charge on any atom is 0.364 e. The molecule has 35 nitrogen and oxygen atoms in total. The number of hydrogen-bond acceptors (Lipinski definition) is 32. The summed E-state index contributed by atoms with van der Waals surface area (Å²) in [5.74, 6) is -7.34. The van der Waals surface area contributed by atoms with Crippen LogP contribution in [-0.4, -0.2) is 343 Å². The fraction of sp³-hybridized carbons (Fsp3) is 0.958. The summed E-state index contributed by atoms with van der Waals surface area (Å²) in [4.78, 5) is 40.3. The van der Waals surface area contributed by atoms with Gasteiger partial charge in [-0.05, 0) is 12.8 Å². The summed E-state index contributed by atoms with van der Waals surface area (Å²) in [7, 11) is 0. The second-order valence-corrected chi connectivity index (χ2v) is 29.2. The van der Waals surface area contributed by atoms with Crippen molar-refractivity contribution >= 4 is 17.8 Å². The van der Waals surface area contributed by atoms with Crippen molar-refractivity contribution < 1.29 is 164 Å². The molecule has 0 spiro atoms. The van der Waals surface area contributed by atoms with Crippen molar-refractivity contribution in [3.63, 3.8) is 0 Å². The van der Waals surface area contributed by atoms with Gasteiger partial charge in [0.15, 0.2) is 25.2 Å². The van der Waals surface area contributed by atoms with Gasteiger partial charge in [-0.3, -0.25) is 9.59 Å². The van der Waals surface area contributed by atoms with Crippen LogP contribution >= 0.6 is 0 Å². The quantitative estimate of drug-likeness (QED) is 0.0270. The third kappa shape index (κ3) is 27.8. The summed E-state index contributed by atoms with van der Waals surface area (Å²) in [6.07, 6.45) is -27.2. The first-order valence-electron chi connectivity index (χ1n) is 38.6. The van der Waals surface area contributed by atoms with Crippen LogP contribution < -0.4 is 10.6 Å². The molecule has 22 N–H and O–H groups in total. The van der Waals surface area contributed by atoms with Crippen molar-refractivity contribution in [1.82, 2.24) is 10.6 Å². The highest BCUT2D eigenvalue weighted by molar-refractivity contribution is 5.80. The lowest BCUT2D eigenvalue weighted by Gasteiger charge is -2.52. The number of carboxylic acid groups (broad SMARTS) is 1. The summed E-state index contributed by atoms with van der Waals surface area (Å²) < 4.78 is 58.1. The Bertz CT molecular complexity index is 2400. The molecule has 5 heterocycles. The molecule has 0 aromatic heterocycles. The Morgan fingerprint density at radius 2 is 0.915 bits per heavy atom. The van der Waals surface area contributed by atoms with Crippen molar-refractivity contribution in [2.75, 3.05) is 39.6 Å². The van der Waals surface area contributed by atoms with Crippen LogP contribution in [0.15, 0.2) is 0 Å². The fourth-order valence-electron chi connectivity index (χ4n) is 14.3. The van der Waals surface area contributed by atoms with Crippen LogP contribution in [-0.2, 0) is 61.8 Å². The van der Waals surface area contributed by atoms with E-state index in [9.17, 15) is 117 Å². The number of carbonyl (C=O) groups excluding carboxylic acids is 2. The van der Waals surface area contributed by atoms with E-state index in [1.807, 2.05) is 0 Å². The smallest absolute Gasteiger partial charge is 0.364 e. The van der Waals surface area contributed by atoms with Gasteiger partial charge in [0.2, 0.25) is 11.8 Å². The fourth-order valence-corrected chi connectivity index (χ4v) is 14.3. The maximum absolute atomic E-state index is 13.8. The molecule has 2 amide bonds. The van der Waals surface area contributed by atoms with Gasteiger partial charge < -0.3 is 160 Å². The molecule has 0 aliphatic carbocycles. The van der Waals surface area contributed by atoms with E-state index in [0.717, 1.165) is 77.6 Å². The van der Waals surface area contributed by atoms with Gasteiger partial charge in [0, 0.05) is 13.3 Å². The van der Waals surface area contributed by atoms with Gasteiger partial charge >= 0.3 is 5.97 Å². The third-order valence-corrected chi connectivity index (χ3v) is 20.7. The molecule has 0 aromatic rings. The molecular formula is C71H130N2O33. The molecule has 0 aromatic carbocycles. The average molecular weight is 1540 g/mol. The number of amides is 2. The SMILES string of the molecule is CCCCCCCCCCCCCCCCCCC(O)C(=O)NC(COC1OC(CO)C(OC2OC(CO)C(OC3(C(=O)O)CC(OC4OC(CO)C(O)C(OC5OC(C(O)CO)C(O)C5O)C4O)C(NC(C)=O)C(C(O)C(O)CO)O3)C(O)C2O)C(O)C1O)C(O)C(O)CCCCCCCCCCCC. The molecule has 5 fully saturated rings. The number of nitrogens with one attached hydrogen (secondary N) is 2. The number of aliphatic hydroxyl groups excluding tert-OH is 19. The molecule has 0 bridgehead atoms. The number of aliphatic hydroxyl groups is 19. The third-order valence-electron chi connectivity index (χ3n) is 20.7. The van der Waals surface area contributed by atoms with Crippen molar-refractivity contribution in [2.45, 2.75) is 390 Å². The number of hydrogen-bond donors (Lipinski definition) is 22. The molecule has 5 saturated heterocycles. The van der Waals surface area contributed by atoms with Crippen molar-refractivity contribution in [3.8, 4) is 0 Å². The average Bonchev–Trinajstić information content (AvgIpc) is 0.812. The van der Waals surface area contributed by atoms with E-state index in [-0.39, 0.29) is 12.8 Å². The van der Waals surface area contributed by atoms with Crippen LogP contribution in [0.4, 0.5) is 0 Å². The first-order chi connectivity index (χ1) is 50.7. The number of aliphatic carboxylic acids is 1. The molecule has 5 rings (SSSR count). The van der Waals surface area contributed by atoms with E-state index in [4.69, 9.17) is 47.4 Å². The second-order valence-electron chi connectivity index (χ2n) is 29.2. The van der Waals surface area contributed by atoms with Crippen LogP contribution in [0.2, 0.25) is 0 Å². The first kappa shape index (κ1) is 93.8. The molecule has 35 heteroatoms. The lowest BCUT2D eigenvalue weighted by molar-refractivity contribution is -0.392. The van der Waals surface area contributed by atoms with Crippen LogP contribution in [0, 0.1) is 0 Å². The molecular weight excluding hydrogens is 1410 g/mol. The Kier molecular flexibility index (Phi) is 43.4. The predicted octanol–water partition coefficient (Wildman–Crippen LogP) is -3.02. The summed E-state index contributed by atoms with van der Waals surface area (Å²) in [5.41, 5.74) is 0. The maximum atomic E-state index is 13.8. The van der Waals surface area contributed by atoms with E-state index < -0.39 is 247 Å². The largest absolute Gasteiger partial charge is 0.477 e. The topological polar surface area (TPSA) is 572 Å². The lowest BCUT2D eigenvalue weighted by atomic mass is 9.87. The van der Waals surface area contributed by atoms with Crippen molar-refractivity contribution in [3.05, 3.63) is 0 Å². The number of ether oxygens (including phenoxy) is 10. The van der Waals surface area contributed by atoms with Gasteiger partial charge in [0.05, 0.1) is 63.9 Å². The Labute approximate surface area is 620 Å². The number of unbranched alkanes of at least 4 members (excludes halogenated alkanes) is 24. The summed E-state index contributed by atoms with van der Waals surface area (Å²) in [6.45, 7) is -0.924. The molecule has 0 radical (unpaired) electrons. The molecule has 0 saturated carbocycles. The van der Waals surface area contributed by atoms with Gasteiger partial charge in [-0.2, -0.15) is 0 Å². The molecule has 106 heavy (non-hydrogen) atoms. The molecule has 5 aliphatic rings. The summed E-state index contributed by atoms with van der Waals surface area (Å²) in [6, 6.07) is -3.33. The monoisotopic (exact) mass is 1540 g/mol. The Morgan fingerprint density at radius 3 is 1.42 bits per heavy atom. The summed E-state index contributed by atoms with van der Waals surface area (Å²) in [5, 5.41) is 225. The molecule has 622 valence electrons. The van der Waals surface area contributed by atoms with E-state index in [1.54, 1.807) is 0 Å². The Hall–Kier alpha value is -2.75. The highest BCUT2D eigenvalue weighted by atomic mass is 16.8. The van der Waals surface area contributed by atoms with Crippen molar-refractivity contribution in [1.29, 1.82) is 0 Å². The van der Waals surface area contributed by atoms with Crippen LogP contribution in [0.25, 0.3) is 0 Å². The minimum atomic E-state index is -3.37. The number of carbonyl (C=O) groups is 3. The van der Waals surface area contributed by atoms with Crippen LogP contribution in [0.5, 0.6) is 0 Å². The molecule has 5 aliphatic heterocycles. The van der Waals surface area contributed by atoms with E-state index >= 15 is 0 Å². The highest BCUT2D eigenvalue weighted by Crippen LogP contribution is 2.41. The van der Waals surface area contributed by atoms with Gasteiger partial charge in [-0.1, -0.05) is 181 Å². The van der Waals surface area contributed by atoms with Gasteiger partial charge in [0.25, 0.3) is 5.79 Å². The summed E-state index contributed by atoms with van der Waals surface area (Å²) >= 11 is 0. The van der Waals surface area contributed by atoms with Crippen molar-refractivity contribution in [2.24, 2.45) is 0 Å². The zero-order valence-corrected chi connectivity index (χ0v) is 61.7. The minimum Gasteiger partial charge on any atom is -0.477 e. The predicted molar refractivity (Wildman–Crippen MR) is 370 cm³/mol. The van der Waals surface area contributed by atoms with Gasteiger partial charge in [-0.25, -0.2) is 4.79 Å². The normalized spacial score (nSPS) is 34.9. The standard InChI is InChI=1S/C71H130N2O33/c1-4-6-8-10-12-14-16-17-18-19-20-21-23-25-27-29-31-42(81)65(94)73-40(50(84)41(80)30-28-26-24-22-15-13-11-9-7-5-2)38-97-66-56(90)54(88)61(47(36-77)100-66)103-67-58(92)55(89)62(48(37-78)101-67)105-71(70(95)96)32-45(49(72-39(3)79)63(106-71)51(85)43(82)33-74)98-69-59(93)64(52(86)46(35-76)99-69)104-68-57(91)53(87)60(102-68)44(83)34-75/h40-64,66-69,74-78,80-93H,4-38H2,1-3H3,(H,72,79)(H,73,94)(H,95,96). The number of carboxylic acids is 1. The Morgan fingerprint density at radius 1 is 0.472 bits per heavy atom. The lowest BCUT2D eigenvalue weighted by Crippen LogP contribution is -2.72. The van der Waals surface area contributed by atoms with Crippen LogP contribution in [0.3, 0.4) is 0 Å². The highest BCUT2D eigenvalue weighted by Gasteiger charge is 2.62. The first-order valence-corrected chi connectivity index (χ1v) is 38.6. The van der Waals surface area contributed by atoms with E-state index in [2.05, 4.69) is 24.5 Å². The molecule has 30 unspecified atom stereocenters.